The van der Waals surface area contributed by atoms with E-state index in [0.29, 0.717) is 5.02 Å². The van der Waals surface area contributed by atoms with Crippen LogP contribution in [-0.2, 0) is 4.79 Å². The van der Waals surface area contributed by atoms with Gasteiger partial charge in [0.1, 0.15) is 0 Å². The molecule has 0 aliphatic rings. The van der Waals surface area contributed by atoms with Gasteiger partial charge in [-0.1, -0.05) is 25.4 Å². The van der Waals surface area contributed by atoms with Gasteiger partial charge in [-0.3, -0.25) is 4.79 Å². The number of rotatable bonds is 5. The number of amides is 1. The zero-order valence-corrected chi connectivity index (χ0v) is 11.6. The van der Waals surface area contributed by atoms with Crippen molar-refractivity contribution >= 4 is 29.2 Å². The quantitative estimate of drug-likeness (QED) is 0.773. The first-order valence-electron chi connectivity index (χ1n) is 5.90. The standard InChI is InChI=1S/C13H17ClN2O3/c1-7(2)10(6-15)12(17)16-11-5-8(14)3-4-9(11)13(18)19/h3-5,7,10H,6,15H2,1-2H3,(H,16,17)(H,18,19). The molecule has 0 radical (unpaired) electrons. The van der Waals surface area contributed by atoms with Gasteiger partial charge in [0.25, 0.3) is 0 Å². The van der Waals surface area contributed by atoms with E-state index in [1.165, 1.54) is 18.2 Å². The Bertz CT molecular complexity index is 489. The molecular weight excluding hydrogens is 268 g/mol. The Morgan fingerprint density at radius 2 is 2.05 bits per heavy atom. The summed E-state index contributed by atoms with van der Waals surface area (Å²) in [6.45, 7) is 3.97. The lowest BCUT2D eigenvalue weighted by Gasteiger charge is -2.19. The van der Waals surface area contributed by atoms with Crippen LogP contribution in [0.2, 0.25) is 5.02 Å². The molecule has 1 aromatic carbocycles. The first kappa shape index (κ1) is 15.5. The van der Waals surface area contributed by atoms with Crippen molar-refractivity contribution in [2.24, 2.45) is 17.6 Å². The van der Waals surface area contributed by atoms with Crippen molar-refractivity contribution < 1.29 is 14.7 Å². The molecule has 5 nitrogen and oxygen atoms in total. The lowest BCUT2D eigenvalue weighted by atomic mass is 9.95. The second-order valence-electron chi connectivity index (χ2n) is 4.57. The number of carbonyl (C=O) groups excluding carboxylic acids is 1. The molecule has 19 heavy (non-hydrogen) atoms. The predicted octanol–water partition coefficient (Wildman–Crippen LogP) is 2.21. The van der Waals surface area contributed by atoms with E-state index in [1.807, 2.05) is 13.8 Å². The molecule has 0 aliphatic carbocycles. The van der Waals surface area contributed by atoms with Crippen molar-refractivity contribution in [3.63, 3.8) is 0 Å². The molecule has 1 amide bonds. The molecule has 0 saturated heterocycles. The summed E-state index contributed by atoms with van der Waals surface area (Å²) in [5.41, 5.74) is 5.73. The van der Waals surface area contributed by atoms with Crippen molar-refractivity contribution in [3.8, 4) is 0 Å². The number of aromatic carboxylic acids is 1. The molecule has 0 bridgehead atoms. The van der Waals surface area contributed by atoms with Crippen molar-refractivity contribution in [3.05, 3.63) is 28.8 Å². The average Bonchev–Trinajstić information content (AvgIpc) is 2.28. The van der Waals surface area contributed by atoms with Crippen LogP contribution in [0.1, 0.15) is 24.2 Å². The molecular formula is C13H17ClN2O3. The number of halogens is 1. The minimum absolute atomic E-state index is 0.00252. The molecule has 6 heteroatoms. The van der Waals surface area contributed by atoms with E-state index in [2.05, 4.69) is 5.32 Å². The van der Waals surface area contributed by atoms with Gasteiger partial charge in [0, 0.05) is 11.6 Å². The minimum atomic E-state index is -1.12. The number of nitrogens with two attached hydrogens (primary N) is 1. The second-order valence-corrected chi connectivity index (χ2v) is 5.01. The summed E-state index contributed by atoms with van der Waals surface area (Å²) in [6.07, 6.45) is 0. The Balaban J connectivity index is 3.01. The van der Waals surface area contributed by atoms with Crippen molar-refractivity contribution in [1.29, 1.82) is 0 Å². The highest BCUT2D eigenvalue weighted by molar-refractivity contribution is 6.31. The van der Waals surface area contributed by atoms with Crippen LogP contribution in [0.5, 0.6) is 0 Å². The first-order chi connectivity index (χ1) is 8.86. The maximum Gasteiger partial charge on any atom is 0.337 e. The Kier molecular flexibility index (Phi) is 5.32. The summed E-state index contributed by atoms with van der Waals surface area (Å²) in [6, 6.07) is 4.23. The summed E-state index contributed by atoms with van der Waals surface area (Å²) in [7, 11) is 0. The normalized spacial score (nSPS) is 12.3. The molecule has 1 rings (SSSR count). The summed E-state index contributed by atoms with van der Waals surface area (Å²) < 4.78 is 0. The van der Waals surface area contributed by atoms with Gasteiger partial charge in [-0.25, -0.2) is 4.79 Å². The van der Waals surface area contributed by atoms with E-state index >= 15 is 0 Å². The lowest BCUT2D eigenvalue weighted by Crippen LogP contribution is -2.33. The topological polar surface area (TPSA) is 92.4 Å². The third kappa shape index (κ3) is 3.94. The molecule has 0 saturated carbocycles. The van der Waals surface area contributed by atoms with E-state index in [4.69, 9.17) is 22.4 Å². The molecule has 0 fully saturated rings. The number of anilines is 1. The van der Waals surface area contributed by atoms with Gasteiger partial charge in [0.15, 0.2) is 0 Å². The third-order valence-corrected chi connectivity index (χ3v) is 3.10. The van der Waals surface area contributed by atoms with Gasteiger partial charge in [-0.15, -0.1) is 0 Å². The van der Waals surface area contributed by atoms with E-state index < -0.39 is 5.97 Å². The molecule has 0 aromatic heterocycles. The van der Waals surface area contributed by atoms with Crippen LogP contribution in [0.25, 0.3) is 0 Å². The van der Waals surface area contributed by atoms with Crippen LogP contribution in [0.3, 0.4) is 0 Å². The third-order valence-electron chi connectivity index (χ3n) is 2.87. The Labute approximate surface area is 116 Å². The van der Waals surface area contributed by atoms with E-state index in [9.17, 15) is 9.59 Å². The predicted molar refractivity (Wildman–Crippen MR) is 74.4 cm³/mol. The Morgan fingerprint density at radius 3 is 2.53 bits per heavy atom. The molecule has 1 atom stereocenters. The van der Waals surface area contributed by atoms with E-state index in [0.717, 1.165) is 0 Å². The molecule has 104 valence electrons. The molecule has 1 aromatic rings. The monoisotopic (exact) mass is 284 g/mol. The van der Waals surface area contributed by atoms with Gasteiger partial charge >= 0.3 is 5.97 Å². The first-order valence-corrected chi connectivity index (χ1v) is 6.28. The average molecular weight is 285 g/mol. The smallest absolute Gasteiger partial charge is 0.337 e. The van der Waals surface area contributed by atoms with Gasteiger partial charge < -0.3 is 16.2 Å². The van der Waals surface area contributed by atoms with Crippen LogP contribution in [0, 0.1) is 11.8 Å². The number of hydrogen-bond donors (Lipinski definition) is 3. The van der Waals surface area contributed by atoms with Gasteiger partial charge in [0.2, 0.25) is 5.91 Å². The summed E-state index contributed by atoms with van der Waals surface area (Å²) in [5, 5.41) is 12.0. The van der Waals surface area contributed by atoms with Crippen LogP contribution in [0.4, 0.5) is 5.69 Å². The summed E-state index contributed by atoms with van der Waals surface area (Å²) >= 11 is 5.81. The fourth-order valence-corrected chi connectivity index (χ4v) is 1.89. The maximum atomic E-state index is 12.0. The number of hydrogen-bond acceptors (Lipinski definition) is 3. The van der Waals surface area contributed by atoms with Crippen LogP contribution in [0.15, 0.2) is 18.2 Å². The van der Waals surface area contributed by atoms with Gasteiger partial charge in [0.05, 0.1) is 17.2 Å². The summed E-state index contributed by atoms with van der Waals surface area (Å²) in [5.74, 6) is -1.74. The molecule has 1 unspecified atom stereocenters. The lowest BCUT2D eigenvalue weighted by molar-refractivity contribution is -0.120. The fraction of sp³-hybridized carbons (Fsp3) is 0.385. The van der Waals surface area contributed by atoms with Crippen LogP contribution < -0.4 is 11.1 Å². The van der Waals surface area contributed by atoms with Crippen molar-refractivity contribution in [2.75, 3.05) is 11.9 Å². The number of carbonyl (C=O) groups is 2. The van der Waals surface area contributed by atoms with Crippen LogP contribution in [-0.4, -0.2) is 23.5 Å². The highest BCUT2D eigenvalue weighted by atomic mass is 35.5. The highest BCUT2D eigenvalue weighted by Crippen LogP contribution is 2.22. The maximum absolute atomic E-state index is 12.0. The Hall–Kier alpha value is -1.59. The SMILES string of the molecule is CC(C)C(CN)C(=O)Nc1cc(Cl)ccc1C(=O)O. The number of benzene rings is 1. The second kappa shape index (κ2) is 6.54. The van der Waals surface area contributed by atoms with Crippen molar-refractivity contribution in [2.45, 2.75) is 13.8 Å². The zero-order valence-electron chi connectivity index (χ0n) is 10.8. The van der Waals surface area contributed by atoms with Crippen LogP contribution >= 0.6 is 11.6 Å². The van der Waals surface area contributed by atoms with Gasteiger partial charge in [-0.05, 0) is 24.1 Å². The Morgan fingerprint density at radius 1 is 1.42 bits per heavy atom. The molecule has 0 aliphatic heterocycles. The largest absolute Gasteiger partial charge is 0.478 e. The van der Waals surface area contributed by atoms with E-state index in [-0.39, 0.29) is 35.5 Å². The van der Waals surface area contributed by atoms with Gasteiger partial charge in [-0.2, -0.15) is 0 Å². The summed E-state index contributed by atoms with van der Waals surface area (Å²) in [4.78, 5) is 23.1. The number of carboxylic acids is 1. The molecule has 4 N–H and O–H groups in total. The fourth-order valence-electron chi connectivity index (χ4n) is 1.71. The van der Waals surface area contributed by atoms with E-state index in [1.54, 1.807) is 0 Å². The highest BCUT2D eigenvalue weighted by Gasteiger charge is 2.22. The number of carboxylic acid groups (broad SMARTS) is 1. The molecule has 0 heterocycles. The van der Waals surface area contributed by atoms with Crippen molar-refractivity contribution in [1.82, 2.24) is 0 Å². The molecule has 0 spiro atoms. The minimum Gasteiger partial charge on any atom is -0.478 e. The zero-order chi connectivity index (χ0) is 14.6. The number of nitrogens with one attached hydrogen (secondary N) is 1.